The number of nitrogens with zero attached hydrogens (tertiary/aromatic N) is 3. The molecule has 1 aliphatic rings. The second-order valence-corrected chi connectivity index (χ2v) is 6.33. The Hall–Kier alpha value is -0.910. The Kier molecular flexibility index (Phi) is 5.18. The quantitative estimate of drug-likeness (QED) is 0.612. The zero-order valence-corrected chi connectivity index (χ0v) is 13.1. The fourth-order valence-corrected chi connectivity index (χ4v) is 3.12. The number of aromatic nitrogens is 2. The normalized spacial score (nSPS) is 19.2. The molecule has 1 unspecified atom stereocenters. The van der Waals surface area contributed by atoms with Crippen LogP contribution in [0.2, 0.25) is 0 Å². The Balaban J connectivity index is 2.05. The zero-order chi connectivity index (χ0) is 14.6. The van der Waals surface area contributed by atoms with E-state index in [0.717, 1.165) is 13.0 Å². The molecule has 0 radical (unpaired) electrons. The highest BCUT2D eigenvalue weighted by Gasteiger charge is 2.35. The van der Waals surface area contributed by atoms with Gasteiger partial charge in [-0.2, -0.15) is 5.10 Å². The molecular weight excluding hydrogens is 250 g/mol. The molecule has 114 valence electrons. The first kappa shape index (κ1) is 15.5. The summed E-state index contributed by atoms with van der Waals surface area (Å²) in [5.74, 6) is 5.85. The van der Waals surface area contributed by atoms with E-state index in [4.69, 9.17) is 5.84 Å². The van der Waals surface area contributed by atoms with Crippen LogP contribution in [0.1, 0.15) is 45.6 Å². The van der Waals surface area contributed by atoms with Gasteiger partial charge in [-0.15, -0.1) is 0 Å². The van der Waals surface area contributed by atoms with Crippen LogP contribution in [0.4, 0.5) is 0 Å². The summed E-state index contributed by atoms with van der Waals surface area (Å²) in [6.45, 7) is 9.97. The number of hydrogen-bond donors (Lipinski definition) is 2. The van der Waals surface area contributed by atoms with Crippen molar-refractivity contribution in [3.8, 4) is 0 Å². The molecule has 0 saturated carbocycles. The summed E-state index contributed by atoms with van der Waals surface area (Å²) in [7, 11) is 0. The first-order chi connectivity index (χ1) is 9.57. The molecule has 0 amide bonds. The Morgan fingerprint density at radius 2 is 2.05 bits per heavy atom. The Morgan fingerprint density at radius 1 is 1.35 bits per heavy atom. The maximum absolute atomic E-state index is 5.85. The molecule has 0 aromatic carbocycles. The minimum Gasteiger partial charge on any atom is -0.297 e. The molecule has 2 heterocycles. The molecule has 20 heavy (non-hydrogen) atoms. The van der Waals surface area contributed by atoms with Crippen molar-refractivity contribution in [1.82, 2.24) is 20.1 Å². The van der Waals surface area contributed by atoms with Gasteiger partial charge >= 0.3 is 0 Å². The van der Waals surface area contributed by atoms with Gasteiger partial charge in [0, 0.05) is 24.3 Å². The summed E-state index contributed by atoms with van der Waals surface area (Å²) in [5.41, 5.74) is 4.35. The molecule has 5 nitrogen and oxygen atoms in total. The summed E-state index contributed by atoms with van der Waals surface area (Å²) in [6, 6.07) is 0.232. The minimum absolute atomic E-state index is 0.0590. The molecule has 0 spiro atoms. The van der Waals surface area contributed by atoms with Gasteiger partial charge in [-0.3, -0.25) is 20.9 Å². The minimum atomic E-state index is 0.0590. The molecule has 1 atom stereocenters. The van der Waals surface area contributed by atoms with E-state index in [1.54, 1.807) is 0 Å². The summed E-state index contributed by atoms with van der Waals surface area (Å²) < 4.78 is 1.97. The summed E-state index contributed by atoms with van der Waals surface area (Å²) >= 11 is 0. The van der Waals surface area contributed by atoms with Gasteiger partial charge in [0.15, 0.2) is 0 Å². The van der Waals surface area contributed by atoms with Crippen molar-refractivity contribution in [3.05, 3.63) is 18.0 Å². The third kappa shape index (κ3) is 3.40. The highest BCUT2D eigenvalue weighted by atomic mass is 15.3. The monoisotopic (exact) mass is 279 g/mol. The topological polar surface area (TPSA) is 59.1 Å². The lowest BCUT2D eigenvalue weighted by Gasteiger charge is -2.45. The van der Waals surface area contributed by atoms with Crippen LogP contribution in [0.3, 0.4) is 0 Å². The van der Waals surface area contributed by atoms with E-state index in [-0.39, 0.29) is 11.6 Å². The predicted octanol–water partition coefficient (Wildman–Crippen LogP) is 1.54. The first-order valence-electron chi connectivity index (χ1n) is 7.80. The summed E-state index contributed by atoms with van der Waals surface area (Å²) in [6.07, 6.45) is 8.95. The van der Waals surface area contributed by atoms with Crippen LogP contribution in [0, 0.1) is 0 Å². The van der Waals surface area contributed by atoms with Crippen LogP contribution in [0.15, 0.2) is 12.4 Å². The molecule has 2 rings (SSSR count). The molecule has 1 saturated heterocycles. The van der Waals surface area contributed by atoms with Crippen LogP contribution in [-0.2, 0) is 13.0 Å². The molecule has 1 aromatic rings. The van der Waals surface area contributed by atoms with Crippen molar-refractivity contribution >= 4 is 0 Å². The van der Waals surface area contributed by atoms with Crippen LogP contribution >= 0.6 is 0 Å². The van der Waals surface area contributed by atoms with E-state index in [1.165, 1.54) is 37.9 Å². The third-order valence-corrected chi connectivity index (χ3v) is 4.68. The number of nitrogens with one attached hydrogen (secondary N) is 1. The lowest BCUT2D eigenvalue weighted by atomic mass is 9.87. The smallest absolute Gasteiger partial charge is 0.0522 e. The van der Waals surface area contributed by atoms with Crippen molar-refractivity contribution in [2.75, 3.05) is 13.1 Å². The Bertz CT molecular complexity index is 406. The number of piperidine rings is 1. The predicted molar refractivity (Wildman–Crippen MR) is 82.2 cm³/mol. The van der Waals surface area contributed by atoms with Gasteiger partial charge in [0.2, 0.25) is 0 Å². The fourth-order valence-electron chi connectivity index (χ4n) is 3.12. The van der Waals surface area contributed by atoms with Gasteiger partial charge in [-0.25, -0.2) is 0 Å². The van der Waals surface area contributed by atoms with Gasteiger partial charge in [0.05, 0.1) is 6.20 Å². The third-order valence-electron chi connectivity index (χ3n) is 4.68. The van der Waals surface area contributed by atoms with E-state index in [1.807, 2.05) is 10.9 Å². The highest BCUT2D eigenvalue weighted by molar-refractivity contribution is 5.09. The standard InChI is InChI=1S/C15H29N5/c1-4-20-12-13(11-17-20)10-14(18-16)15(2,3)19-8-6-5-7-9-19/h11-12,14,18H,4-10,16H2,1-3H3. The SMILES string of the molecule is CCn1cc(CC(NN)C(C)(C)N2CCCCC2)cn1. The van der Waals surface area contributed by atoms with Crippen molar-refractivity contribution in [2.45, 2.75) is 64.6 Å². The average Bonchev–Trinajstić information content (AvgIpc) is 2.93. The molecule has 1 aromatic heterocycles. The van der Waals surface area contributed by atoms with Crippen LogP contribution < -0.4 is 11.3 Å². The van der Waals surface area contributed by atoms with Gasteiger partial charge < -0.3 is 0 Å². The number of rotatable bonds is 6. The second-order valence-electron chi connectivity index (χ2n) is 6.33. The maximum Gasteiger partial charge on any atom is 0.0522 e. The number of aryl methyl sites for hydroxylation is 1. The molecule has 0 aliphatic carbocycles. The van der Waals surface area contributed by atoms with E-state index in [2.05, 4.69) is 42.4 Å². The highest BCUT2D eigenvalue weighted by Crippen LogP contribution is 2.25. The summed E-state index contributed by atoms with van der Waals surface area (Å²) in [5, 5.41) is 4.35. The van der Waals surface area contributed by atoms with Crippen LogP contribution in [0.5, 0.6) is 0 Å². The van der Waals surface area contributed by atoms with Gasteiger partial charge in [0.1, 0.15) is 0 Å². The number of hydrazine groups is 1. The molecule has 0 bridgehead atoms. The lowest BCUT2D eigenvalue weighted by Crippen LogP contribution is -2.61. The van der Waals surface area contributed by atoms with E-state index in [0.29, 0.717) is 0 Å². The molecule has 1 aliphatic heterocycles. The molecule has 5 heteroatoms. The van der Waals surface area contributed by atoms with Gasteiger partial charge in [-0.05, 0) is 58.7 Å². The second kappa shape index (κ2) is 6.70. The van der Waals surface area contributed by atoms with Crippen molar-refractivity contribution in [3.63, 3.8) is 0 Å². The molecular formula is C15H29N5. The van der Waals surface area contributed by atoms with E-state index in [9.17, 15) is 0 Å². The van der Waals surface area contributed by atoms with Crippen LogP contribution in [0.25, 0.3) is 0 Å². The molecule has 3 N–H and O–H groups in total. The van der Waals surface area contributed by atoms with Crippen molar-refractivity contribution in [2.24, 2.45) is 5.84 Å². The fraction of sp³-hybridized carbons (Fsp3) is 0.800. The van der Waals surface area contributed by atoms with Gasteiger partial charge in [-0.1, -0.05) is 6.42 Å². The maximum atomic E-state index is 5.85. The lowest BCUT2D eigenvalue weighted by molar-refractivity contribution is 0.0611. The number of hydrogen-bond acceptors (Lipinski definition) is 4. The first-order valence-corrected chi connectivity index (χ1v) is 7.80. The Labute approximate surface area is 122 Å². The number of likely N-dealkylation sites (tertiary alicyclic amines) is 1. The molecule has 1 fully saturated rings. The van der Waals surface area contributed by atoms with Gasteiger partial charge in [0.25, 0.3) is 0 Å². The zero-order valence-electron chi connectivity index (χ0n) is 13.1. The van der Waals surface area contributed by atoms with Crippen LogP contribution in [-0.4, -0.2) is 39.4 Å². The van der Waals surface area contributed by atoms with E-state index >= 15 is 0 Å². The Morgan fingerprint density at radius 3 is 2.60 bits per heavy atom. The van der Waals surface area contributed by atoms with Crippen molar-refractivity contribution < 1.29 is 0 Å². The van der Waals surface area contributed by atoms with Crippen molar-refractivity contribution in [1.29, 1.82) is 0 Å². The van der Waals surface area contributed by atoms with E-state index < -0.39 is 0 Å². The average molecular weight is 279 g/mol. The number of nitrogens with two attached hydrogens (primary N) is 1. The largest absolute Gasteiger partial charge is 0.297 e. The summed E-state index contributed by atoms with van der Waals surface area (Å²) in [4.78, 5) is 2.57.